The Morgan fingerprint density at radius 1 is 1.75 bits per heavy atom. The molecule has 0 aromatic heterocycles. The SMILES string of the molecule is O=BO.[Co]. The van der Waals surface area contributed by atoms with E-state index in [2.05, 4.69) is 0 Å². The first-order chi connectivity index (χ1) is 1.41. The minimum Gasteiger partial charge on any atom is 0 e. The second-order valence-electron chi connectivity index (χ2n) is 0.105. The van der Waals surface area contributed by atoms with Crippen LogP contribution in [0.4, 0.5) is 0 Å². The van der Waals surface area contributed by atoms with E-state index in [4.69, 9.17) is 9.73 Å². The van der Waals surface area contributed by atoms with Gasteiger partial charge in [0.2, 0.25) is 0 Å². The van der Waals surface area contributed by atoms with Gasteiger partial charge in [-0.25, -0.2) is 0 Å². The molecule has 0 aromatic carbocycles. The third kappa shape index (κ3) is 101. The van der Waals surface area contributed by atoms with Gasteiger partial charge in [-0.05, 0) is 0 Å². The molecule has 1 radical (unpaired) electrons. The summed E-state index contributed by atoms with van der Waals surface area (Å²) in [6, 6.07) is 0. The summed E-state index contributed by atoms with van der Waals surface area (Å²) < 4.78 is 8.36. The van der Waals surface area contributed by atoms with Crippen LogP contribution in [-0.2, 0) is 21.5 Å². The molecular weight excluding hydrogens is 102 g/mol. The molecule has 0 spiro atoms. The number of hydrogen-bond donors (Lipinski definition) is 1. The van der Waals surface area contributed by atoms with Crippen molar-refractivity contribution in [3.8, 4) is 0 Å². The van der Waals surface area contributed by atoms with Crippen LogP contribution in [-0.4, -0.2) is 12.4 Å². The summed E-state index contributed by atoms with van der Waals surface area (Å²) in [6.45, 7) is 0. The van der Waals surface area contributed by atoms with Gasteiger partial charge in [0, 0.05) is 16.8 Å². The smallest absolute Gasteiger partial charge is 0 e. The van der Waals surface area contributed by atoms with Crippen molar-refractivity contribution in [2.24, 2.45) is 0 Å². The van der Waals surface area contributed by atoms with Gasteiger partial charge in [-0.1, -0.05) is 0 Å². The minimum absolute atomic E-state index is 0. The van der Waals surface area contributed by atoms with Gasteiger partial charge in [0.15, 0.2) is 0 Å². The van der Waals surface area contributed by atoms with Crippen molar-refractivity contribution in [3.63, 3.8) is 0 Å². The van der Waals surface area contributed by atoms with Crippen LogP contribution in [0, 0.1) is 0 Å². The second-order valence-corrected chi connectivity index (χ2v) is 0.105. The van der Waals surface area contributed by atoms with Crippen LogP contribution >= 0.6 is 0 Å². The average Bonchev–Trinajstić information content (AvgIpc) is 0.918. The molecular formula is HBCoO2. The zero-order valence-corrected chi connectivity index (χ0v) is 2.81. The van der Waals surface area contributed by atoms with E-state index >= 15 is 0 Å². The molecule has 0 aromatic rings. The largest absolute Gasteiger partial charge is 0 e. The Morgan fingerprint density at radius 2 is 1.75 bits per heavy atom. The van der Waals surface area contributed by atoms with Crippen molar-refractivity contribution >= 4 is 7.35 Å². The fourth-order valence-corrected chi connectivity index (χ4v) is 0. The summed E-state index contributed by atoms with van der Waals surface area (Å²) in [5, 5.41) is 6.89. The topological polar surface area (TPSA) is 37.3 Å². The fraction of sp³-hybridized carbons (Fsp3) is 0. The standard InChI is InChI=1S/BHO2.Co/c2-1-3;/h2H;. The van der Waals surface area contributed by atoms with Crippen LogP contribution in [0.15, 0.2) is 0 Å². The number of hydrogen-bond acceptors (Lipinski definition) is 1. The molecule has 0 aliphatic carbocycles. The Labute approximate surface area is 34.7 Å². The van der Waals surface area contributed by atoms with Crippen molar-refractivity contribution in [3.05, 3.63) is 0 Å². The van der Waals surface area contributed by atoms with E-state index in [1.165, 1.54) is 0 Å². The van der Waals surface area contributed by atoms with E-state index in [0.717, 1.165) is 0 Å². The van der Waals surface area contributed by atoms with Crippen LogP contribution in [0.3, 0.4) is 0 Å². The van der Waals surface area contributed by atoms with Gasteiger partial charge in [-0.3, -0.25) is 0 Å². The molecule has 0 fully saturated rings. The molecule has 4 heavy (non-hydrogen) atoms. The predicted molar refractivity (Wildman–Crippen MR) is 8.66 cm³/mol. The summed E-state index contributed by atoms with van der Waals surface area (Å²) in [7, 11) is -0.250. The van der Waals surface area contributed by atoms with Gasteiger partial charge in [0.1, 0.15) is 0 Å². The first-order valence-corrected chi connectivity index (χ1v) is 0.494. The summed E-state index contributed by atoms with van der Waals surface area (Å²) in [6.07, 6.45) is 0. The molecule has 0 rings (SSSR count). The fourth-order valence-electron chi connectivity index (χ4n) is 0. The van der Waals surface area contributed by atoms with Crippen LogP contribution in [0.5, 0.6) is 0 Å². The van der Waals surface area contributed by atoms with Crippen LogP contribution < -0.4 is 0 Å². The molecule has 0 amide bonds. The molecule has 0 heterocycles. The molecule has 2 nitrogen and oxygen atoms in total. The Hall–Kier alpha value is 0.171. The monoisotopic (exact) mass is 103 g/mol. The maximum Gasteiger partial charge on any atom is 0 e. The first-order valence-electron chi connectivity index (χ1n) is 0.494. The van der Waals surface area contributed by atoms with E-state index in [-0.39, 0.29) is 24.1 Å². The third-order valence-corrected chi connectivity index (χ3v) is 0. The maximum absolute atomic E-state index is 8.36. The molecule has 4 heteroatoms. The molecule has 0 unspecified atom stereocenters. The van der Waals surface area contributed by atoms with Gasteiger partial charge in [0.05, 0.1) is 0 Å². The van der Waals surface area contributed by atoms with Gasteiger partial charge in [-0.15, -0.1) is 0 Å². The molecule has 0 saturated heterocycles. The normalized spacial score (nSPS) is 2.00. The molecule has 0 bridgehead atoms. The van der Waals surface area contributed by atoms with Crippen LogP contribution in [0.2, 0.25) is 0 Å². The Bertz CT molecular complexity index is 13.5. The van der Waals surface area contributed by atoms with Crippen LogP contribution in [0.1, 0.15) is 0 Å². The number of rotatable bonds is 0. The zero-order chi connectivity index (χ0) is 2.71. The summed E-state index contributed by atoms with van der Waals surface area (Å²) in [4.78, 5) is 0. The van der Waals surface area contributed by atoms with Gasteiger partial charge in [0.25, 0.3) is 0 Å². The first kappa shape index (κ1) is 8.90. The molecule has 0 atom stereocenters. The predicted octanol–water partition coefficient (Wildman–Crippen LogP) is -1.06. The molecule has 0 aliphatic rings. The van der Waals surface area contributed by atoms with E-state index in [1.807, 2.05) is 0 Å². The Balaban J connectivity index is 0. The summed E-state index contributed by atoms with van der Waals surface area (Å²) >= 11 is 0. The quantitative estimate of drug-likeness (QED) is 0.396. The van der Waals surface area contributed by atoms with E-state index in [0.29, 0.717) is 0 Å². The van der Waals surface area contributed by atoms with Crippen molar-refractivity contribution in [2.45, 2.75) is 0 Å². The third-order valence-electron chi connectivity index (χ3n) is 0. The van der Waals surface area contributed by atoms with Crippen molar-refractivity contribution in [1.29, 1.82) is 0 Å². The Morgan fingerprint density at radius 3 is 1.75 bits per heavy atom. The van der Waals surface area contributed by atoms with E-state index in [9.17, 15) is 0 Å². The van der Waals surface area contributed by atoms with Gasteiger partial charge < -0.3 is 0 Å². The van der Waals surface area contributed by atoms with Gasteiger partial charge >= 0.3 is 17.1 Å². The van der Waals surface area contributed by atoms with Crippen molar-refractivity contribution in [1.82, 2.24) is 0 Å². The zero-order valence-electron chi connectivity index (χ0n) is 1.77. The van der Waals surface area contributed by atoms with Crippen LogP contribution in [0.25, 0.3) is 0 Å². The minimum atomic E-state index is -0.250. The second kappa shape index (κ2) is 10.9. The molecule has 1 N–H and O–H groups in total. The van der Waals surface area contributed by atoms with E-state index in [1.54, 1.807) is 0 Å². The summed E-state index contributed by atoms with van der Waals surface area (Å²) in [5.41, 5.74) is 0. The van der Waals surface area contributed by atoms with Crippen molar-refractivity contribution in [2.75, 3.05) is 0 Å². The van der Waals surface area contributed by atoms with E-state index < -0.39 is 0 Å². The Kier molecular flexibility index (Phi) is 24.2. The maximum atomic E-state index is 8.36. The average molecular weight is 103 g/mol. The van der Waals surface area contributed by atoms with Gasteiger partial charge in [-0.2, -0.15) is 0 Å². The summed E-state index contributed by atoms with van der Waals surface area (Å²) in [5.74, 6) is 0. The van der Waals surface area contributed by atoms with Crippen molar-refractivity contribution < 1.29 is 26.5 Å². The molecule has 0 saturated carbocycles. The molecule has 0 aliphatic heterocycles. The molecule has 25 valence electrons.